The van der Waals surface area contributed by atoms with E-state index in [0.29, 0.717) is 6.61 Å². The molecule has 15 heavy (non-hydrogen) atoms. The number of hydrogen-bond donors (Lipinski definition) is 2. The lowest BCUT2D eigenvalue weighted by molar-refractivity contribution is 0.0461. The number of carbonyl (C=O) groups is 1. The molecule has 0 saturated carbocycles. The number of ether oxygens (including phenoxy) is 2. The number of alkyl carbamates (subject to hydrolysis) is 1. The van der Waals surface area contributed by atoms with Crippen LogP contribution >= 0.6 is 12.4 Å². The minimum Gasteiger partial charge on any atom is -0.444 e. The summed E-state index contributed by atoms with van der Waals surface area (Å²) >= 11 is 0. The van der Waals surface area contributed by atoms with Crippen molar-refractivity contribution in [3.8, 4) is 0 Å². The third-order valence-corrected chi connectivity index (χ3v) is 1.75. The van der Waals surface area contributed by atoms with Crippen molar-refractivity contribution in [1.82, 2.24) is 5.32 Å². The van der Waals surface area contributed by atoms with E-state index < -0.39 is 17.8 Å². The molecule has 1 aliphatic rings. The van der Waals surface area contributed by atoms with Crippen LogP contribution in [-0.4, -0.2) is 42.2 Å². The molecule has 0 spiro atoms. The molecular formula is C9H18ClNO4. The van der Waals surface area contributed by atoms with Crippen LogP contribution < -0.4 is 5.32 Å². The van der Waals surface area contributed by atoms with Gasteiger partial charge >= 0.3 is 6.09 Å². The van der Waals surface area contributed by atoms with Crippen LogP contribution in [0.15, 0.2) is 0 Å². The zero-order valence-corrected chi connectivity index (χ0v) is 9.97. The molecule has 0 radical (unpaired) electrons. The van der Waals surface area contributed by atoms with E-state index in [2.05, 4.69) is 5.32 Å². The minimum absolute atomic E-state index is 0. The van der Waals surface area contributed by atoms with E-state index in [1.807, 2.05) is 0 Å². The van der Waals surface area contributed by atoms with Crippen molar-refractivity contribution in [3.05, 3.63) is 0 Å². The molecule has 0 aromatic heterocycles. The highest BCUT2D eigenvalue weighted by atomic mass is 35.5. The van der Waals surface area contributed by atoms with E-state index in [4.69, 9.17) is 9.47 Å². The molecule has 2 N–H and O–H groups in total. The Morgan fingerprint density at radius 2 is 2.07 bits per heavy atom. The Labute approximate surface area is 95.5 Å². The summed E-state index contributed by atoms with van der Waals surface area (Å²) < 4.78 is 10.0. The van der Waals surface area contributed by atoms with Crippen LogP contribution in [0.3, 0.4) is 0 Å². The van der Waals surface area contributed by atoms with E-state index in [-0.39, 0.29) is 25.1 Å². The molecule has 6 heteroatoms. The fourth-order valence-corrected chi connectivity index (χ4v) is 1.14. The molecule has 0 aliphatic carbocycles. The Morgan fingerprint density at radius 3 is 2.47 bits per heavy atom. The minimum atomic E-state index is -0.637. The number of carbonyl (C=O) groups excluding carboxylic acids is 1. The summed E-state index contributed by atoms with van der Waals surface area (Å²) in [5, 5.41) is 11.9. The molecule has 1 rings (SSSR count). The van der Waals surface area contributed by atoms with Gasteiger partial charge in [-0.1, -0.05) is 0 Å². The molecule has 0 bridgehead atoms. The lowest BCUT2D eigenvalue weighted by Crippen LogP contribution is -2.44. The summed E-state index contributed by atoms with van der Waals surface area (Å²) in [6.07, 6.45) is -1.16. The number of aliphatic hydroxyl groups is 1. The summed E-state index contributed by atoms with van der Waals surface area (Å²) in [6, 6.07) is -0.357. The lowest BCUT2D eigenvalue weighted by atomic mass is 10.2. The van der Waals surface area contributed by atoms with E-state index in [1.54, 1.807) is 20.8 Å². The molecule has 90 valence electrons. The molecule has 1 heterocycles. The molecule has 5 nitrogen and oxygen atoms in total. The van der Waals surface area contributed by atoms with Gasteiger partial charge in [0.1, 0.15) is 5.60 Å². The summed E-state index contributed by atoms with van der Waals surface area (Å²) in [5.41, 5.74) is -0.519. The van der Waals surface area contributed by atoms with Gasteiger partial charge in [0.2, 0.25) is 0 Å². The number of nitrogens with one attached hydrogen (secondary N) is 1. The number of amides is 1. The largest absolute Gasteiger partial charge is 0.444 e. The molecule has 0 aromatic rings. The van der Waals surface area contributed by atoms with Crippen LogP contribution in [0.25, 0.3) is 0 Å². The van der Waals surface area contributed by atoms with E-state index >= 15 is 0 Å². The van der Waals surface area contributed by atoms with E-state index in [9.17, 15) is 9.90 Å². The monoisotopic (exact) mass is 239 g/mol. The standard InChI is InChI=1S/C9H17NO4.ClH/c1-9(2,3)14-8(12)10-6-4-13-5-7(6)11;/h6-7,11H,4-5H2,1-3H3,(H,10,12);1H. The van der Waals surface area contributed by atoms with Gasteiger partial charge in [0, 0.05) is 0 Å². The van der Waals surface area contributed by atoms with Crippen molar-refractivity contribution in [1.29, 1.82) is 0 Å². The maximum atomic E-state index is 11.3. The fraction of sp³-hybridized carbons (Fsp3) is 0.889. The van der Waals surface area contributed by atoms with Crippen molar-refractivity contribution in [2.24, 2.45) is 0 Å². The third-order valence-electron chi connectivity index (χ3n) is 1.75. The Kier molecular flexibility index (Phi) is 5.34. The maximum absolute atomic E-state index is 11.3. The van der Waals surface area contributed by atoms with Gasteiger partial charge in [0.15, 0.2) is 0 Å². The second-order valence-electron chi connectivity index (χ2n) is 4.36. The van der Waals surface area contributed by atoms with Gasteiger partial charge in [-0.3, -0.25) is 0 Å². The first-order valence-corrected chi connectivity index (χ1v) is 4.64. The maximum Gasteiger partial charge on any atom is 0.408 e. The molecule has 1 aliphatic heterocycles. The van der Waals surface area contributed by atoms with Gasteiger partial charge in [0.25, 0.3) is 0 Å². The quantitative estimate of drug-likeness (QED) is 0.707. The lowest BCUT2D eigenvalue weighted by Gasteiger charge is -2.22. The highest BCUT2D eigenvalue weighted by molar-refractivity contribution is 5.85. The molecule has 1 amide bonds. The Morgan fingerprint density at radius 1 is 1.47 bits per heavy atom. The van der Waals surface area contributed by atoms with Gasteiger partial charge in [-0.25, -0.2) is 4.79 Å². The molecule has 1 fully saturated rings. The summed E-state index contributed by atoms with van der Waals surface area (Å²) in [6.45, 7) is 5.96. The van der Waals surface area contributed by atoms with Crippen LogP contribution in [0.4, 0.5) is 4.79 Å². The predicted molar refractivity (Wildman–Crippen MR) is 57.2 cm³/mol. The smallest absolute Gasteiger partial charge is 0.408 e. The average molecular weight is 240 g/mol. The molecule has 0 aromatic carbocycles. The number of aliphatic hydroxyl groups excluding tert-OH is 1. The zero-order chi connectivity index (χ0) is 10.8. The second-order valence-corrected chi connectivity index (χ2v) is 4.36. The average Bonchev–Trinajstić information content (AvgIpc) is 2.32. The summed E-state index contributed by atoms with van der Waals surface area (Å²) in [5.74, 6) is 0. The van der Waals surface area contributed by atoms with Gasteiger partial charge in [-0.05, 0) is 20.8 Å². The Bertz CT molecular complexity index is 217. The van der Waals surface area contributed by atoms with E-state index in [0.717, 1.165) is 0 Å². The van der Waals surface area contributed by atoms with Gasteiger partial charge in [-0.15, -0.1) is 12.4 Å². The van der Waals surface area contributed by atoms with Crippen LogP contribution in [0, 0.1) is 0 Å². The molecule has 2 unspecified atom stereocenters. The molecular weight excluding hydrogens is 222 g/mol. The fourth-order valence-electron chi connectivity index (χ4n) is 1.14. The number of halogens is 1. The first-order valence-electron chi connectivity index (χ1n) is 4.64. The van der Waals surface area contributed by atoms with Gasteiger partial charge < -0.3 is 19.9 Å². The number of rotatable bonds is 1. The van der Waals surface area contributed by atoms with Crippen LogP contribution in [0.1, 0.15) is 20.8 Å². The third kappa shape index (κ3) is 5.20. The number of hydrogen-bond acceptors (Lipinski definition) is 4. The van der Waals surface area contributed by atoms with Crippen molar-refractivity contribution in [2.75, 3.05) is 13.2 Å². The second kappa shape index (κ2) is 5.53. The van der Waals surface area contributed by atoms with Gasteiger partial charge in [-0.2, -0.15) is 0 Å². The SMILES string of the molecule is CC(C)(C)OC(=O)NC1COCC1O.Cl. The molecule has 1 saturated heterocycles. The normalized spacial score (nSPS) is 25.6. The van der Waals surface area contributed by atoms with E-state index in [1.165, 1.54) is 0 Å². The predicted octanol–water partition coefficient (Wildman–Crippen LogP) is 0.693. The van der Waals surface area contributed by atoms with Crippen molar-refractivity contribution in [3.63, 3.8) is 0 Å². The first-order chi connectivity index (χ1) is 6.38. The highest BCUT2D eigenvalue weighted by Gasteiger charge is 2.29. The Balaban J connectivity index is 0.00000196. The van der Waals surface area contributed by atoms with Gasteiger partial charge in [0.05, 0.1) is 25.4 Å². The van der Waals surface area contributed by atoms with Crippen molar-refractivity contribution < 1.29 is 19.4 Å². The van der Waals surface area contributed by atoms with Crippen LogP contribution in [0.5, 0.6) is 0 Å². The Hall–Kier alpha value is -0.520. The topological polar surface area (TPSA) is 67.8 Å². The van der Waals surface area contributed by atoms with Crippen LogP contribution in [0.2, 0.25) is 0 Å². The van der Waals surface area contributed by atoms with Crippen molar-refractivity contribution in [2.45, 2.75) is 38.5 Å². The zero-order valence-electron chi connectivity index (χ0n) is 9.15. The first kappa shape index (κ1) is 14.5. The van der Waals surface area contributed by atoms with Crippen LogP contribution in [-0.2, 0) is 9.47 Å². The highest BCUT2D eigenvalue weighted by Crippen LogP contribution is 2.09. The summed E-state index contributed by atoms with van der Waals surface area (Å²) in [7, 11) is 0. The molecule has 2 atom stereocenters. The van der Waals surface area contributed by atoms with Crippen molar-refractivity contribution >= 4 is 18.5 Å². The summed E-state index contributed by atoms with van der Waals surface area (Å²) in [4.78, 5) is 11.3.